The second-order valence-corrected chi connectivity index (χ2v) is 1.96. The van der Waals surface area contributed by atoms with Gasteiger partial charge in [-0.3, -0.25) is 3.93 Å². The average molecular weight is 161 g/mol. The summed E-state index contributed by atoms with van der Waals surface area (Å²) in [5.74, 6) is 0. The third-order valence-corrected chi connectivity index (χ3v) is 1.10. The minimum absolute atomic E-state index is 1.78. The highest BCUT2D eigenvalue weighted by Gasteiger charge is 1.85. The van der Waals surface area contributed by atoms with Crippen molar-refractivity contribution < 1.29 is 0 Å². The molecule has 3 heteroatoms. The van der Waals surface area contributed by atoms with Gasteiger partial charge in [-0.1, -0.05) is 0 Å². The molecule has 1 N–H and O–H groups in total. The van der Waals surface area contributed by atoms with Gasteiger partial charge in [-0.25, -0.2) is 0 Å². The third-order valence-electron chi connectivity index (χ3n) is 0.626. The van der Waals surface area contributed by atoms with Gasteiger partial charge in [0.25, 0.3) is 0 Å². The van der Waals surface area contributed by atoms with Crippen LogP contribution in [-0.4, -0.2) is 3.93 Å². The summed E-state index contributed by atoms with van der Waals surface area (Å²) >= 11 is 3.21. The maximum atomic E-state index is 3.21. The van der Waals surface area contributed by atoms with E-state index in [0.29, 0.717) is 0 Å². The van der Waals surface area contributed by atoms with Crippen molar-refractivity contribution >= 4 is 16.1 Å². The first kappa shape index (κ1) is 4.71. The number of nitrogens with one attached hydrogen (secondary N) is 1. The molecular formula is C4H5BrN2. The molecule has 0 atom stereocenters. The zero-order valence-electron chi connectivity index (χ0n) is 3.63. The number of hydrogen-bond donors (Lipinski definition) is 1. The quantitative estimate of drug-likeness (QED) is 0.536. The summed E-state index contributed by atoms with van der Waals surface area (Å²) in [7, 11) is 0. The lowest BCUT2D eigenvalue weighted by Gasteiger charge is -2.06. The van der Waals surface area contributed by atoms with Crippen LogP contribution >= 0.6 is 16.1 Å². The van der Waals surface area contributed by atoms with Crippen molar-refractivity contribution in [1.29, 1.82) is 0 Å². The molecule has 0 bridgehead atoms. The molecule has 0 radical (unpaired) electrons. The Morgan fingerprint density at radius 2 is 1.86 bits per heavy atom. The predicted molar refractivity (Wildman–Crippen MR) is 32.2 cm³/mol. The number of rotatable bonds is 0. The largest absolute Gasteiger partial charge is 0.365 e. The van der Waals surface area contributed by atoms with Gasteiger partial charge in [0.1, 0.15) is 0 Å². The Morgan fingerprint density at radius 1 is 1.29 bits per heavy atom. The molecule has 1 aliphatic heterocycles. The number of halogens is 1. The Balaban J connectivity index is 2.49. The smallest absolute Gasteiger partial charge is 0.0540 e. The highest BCUT2D eigenvalue weighted by atomic mass is 79.9. The van der Waals surface area contributed by atoms with E-state index in [1.807, 2.05) is 24.8 Å². The maximum Gasteiger partial charge on any atom is 0.0540 e. The third kappa shape index (κ3) is 1.23. The van der Waals surface area contributed by atoms with Crippen LogP contribution in [0.1, 0.15) is 0 Å². The van der Waals surface area contributed by atoms with Crippen LogP contribution in [-0.2, 0) is 0 Å². The first-order chi connectivity index (χ1) is 3.39. The highest BCUT2D eigenvalue weighted by molar-refractivity contribution is 9.07. The molecule has 0 amide bonds. The second-order valence-electron chi connectivity index (χ2n) is 1.14. The summed E-state index contributed by atoms with van der Waals surface area (Å²) in [6.07, 6.45) is 7.38. The van der Waals surface area contributed by atoms with E-state index in [1.165, 1.54) is 0 Å². The van der Waals surface area contributed by atoms with Crippen molar-refractivity contribution in [2.75, 3.05) is 0 Å². The number of nitrogens with zero attached hydrogens (tertiary/aromatic N) is 1. The van der Waals surface area contributed by atoms with Crippen molar-refractivity contribution in [3.05, 3.63) is 24.8 Å². The van der Waals surface area contributed by atoms with Crippen LogP contribution in [0.4, 0.5) is 0 Å². The first-order valence-corrected chi connectivity index (χ1v) is 2.64. The monoisotopic (exact) mass is 160 g/mol. The fourth-order valence-electron chi connectivity index (χ4n) is 0.334. The van der Waals surface area contributed by atoms with Crippen LogP contribution in [0.2, 0.25) is 0 Å². The molecule has 0 fully saturated rings. The zero-order chi connectivity index (χ0) is 5.11. The van der Waals surface area contributed by atoms with Crippen molar-refractivity contribution in [3.63, 3.8) is 0 Å². The molecule has 2 nitrogen and oxygen atoms in total. The van der Waals surface area contributed by atoms with Gasteiger partial charge in [-0.05, 0) is 0 Å². The van der Waals surface area contributed by atoms with Crippen molar-refractivity contribution in [1.82, 2.24) is 9.24 Å². The SMILES string of the molecule is BrN1C=CNC=C1. The van der Waals surface area contributed by atoms with Crippen molar-refractivity contribution in [3.8, 4) is 0 Å². The summed E-state index contributed by atoms with van der Waals surface area (Å²) in [4.78, 5) is 0. The van der Waals surface area contributed by atoms with E-state index in [2.05, 4.69) is 21.5 Å². The fraction of sp³-hybridized carbons (Fsp3) is 0. The fourth-order valence-corrected chi connectivity index (χ4v) is 0.570. The van der Waals surface area contributed by atoms with Gasteiger partial charge in [-0.15, -0.1) is 0 Å². The molecule has 0 aromatic rings. The minimum atomic E-state index is 1.78. The van der Waals surface area contributed by atoms with E-state index >= 15 is 0 Å². The van der Waals surface area contributed by atoms with E-state index in [4.69, 9.17) is 0 Å². The van der Waals surface area contributed by atoms with Gasteiger partial charge in [0, 0.05) is 24.8 Å². The molecule has 0 unspecified atom stereocenters. The molecule has 0 saturated heterocycles. The molecular weight excluding hydrogens is 156 g/mol. The van der Waals surface area contributed by atoms with Crippen LogP contribution in [0, 0.1) is 0 Å². The van der Waals surface area contributed by atoms with Gasteiger partial charge < -0.3 is 5.32 Å². The van der Waals surface area contributed by atoms with Gasteiger partial charge in [0.2, 0.25) is 0 Å². The lowest BCUT2D eigenvalue weighted by Crippen LogP contribution is -2.04. The van der Waals surface area contributed by atoms with Crippen molar-refractivity contribution in [2.45, 2.75) is 0 Å². The zero-order valence-corrected chi connectivity index (χ0v) is 5.22. The Morgan fingerprint density at radius 3 is 2.14 bits per heavy atom. The highest BCUT2D eigenvalue weighted by Crippen LogP contribution is 2.00. The van der Waals surface area contributed by atoms with Crippen LogP contribution in [0.5, 0.6) is 0 Å². The average Bonchev–Trinajstić information content (AvgIpc) is 1.69. The lowest BCUT2D eigenvalue weighted by atomic mass is 10.7. The maximum absolute atomic E-state index is 3.21. The van der Waals surface area contributed by atoms with E-state index in [1.54, 1.807) is 3.93 Å². The van der Waals surface area contributed by atoms with E-state index in [0.717, 1.165) is 0 Å². The molecule has 38 valence electrons. The molecule has 1 aliphatic rings. The van der Waals surface area contributed by atoms with E-state index in [9.17, 15) is 0 Å². The summed E-state index contributed by atoms with van der Waals surface area (Å²) in [6.45, 7) is 0. The van der Waals surface area contributed by atoms with Crippen LogP contribution in [0.3, 0.4) is 0 Å². The van der Waals surface area contributed by atoms with Crippen LogP contribution < -0.4 is 5.32 Å². The summed E-state index contributed by atoms with van der Waals surface area (Å²) in [6, 6.07) is 0. The topological polar surface area (TPSA) is 15.3 Å². The summed E-state index contributed by atoms with van der Waals surface area (Å²) in [5, 5.41) is 2.88. The summed E-state index contributed by atoms with van der Waals surface area (Å²) < 4.78 is 1.78. The summed E-state index contributed by atoms with van der Waals surface area (Å²) in [5.41, 5.74) is 0. The molecule has 1 heterocycles. The molecule has 1 rings (SSSR count). The normalized spacial score (nSPS) is 17.0. The standard InChI is InChI=1S/C4H5BrN2/c5-7-3-1-6-2-4-7/h1-4,6H. The minimum Gasteiger partial charge on any atom is -0.365 e. The van der Waals surface area contributed by atoms with Gasteiger partial charge >= 0.3 is 0 Å². The molecule has 0 aromatic heterocycles. The predicted octanol–water partition coefficient (Wildman–Crippen LogP) is 1.14. The van der Waals surface area contributed by atoms with Gasteiger partial charge in [0.15, 0.2) is 0 Å². The Bertz CT molecular complexity index is 96.3. The molecule has 0 spiro atoms. The number of hydrogen-bond acceptors (Lipinski definition) is 2. The second kappa shape index (κ2) is 2.02. The van der Waals surface area contributed by atoms with Crippen molar-refractivity contribution in [2.24, 2.45) is 0 Å². The Hall–Kier alpha value is -0.440. The molecule has 0 aliphatic carbocycles. The first-order valence-electron chi connectivity index (χ1n) is 1.93. The lowest BCUT2D eigenvalue weighted by molar-refractivity contribution is 0.832. The van der Waals surface area contributed by atoms with Gasteiger partial charge in [-0.2, -0.15) is 0 Å². The van der Waals surface area contributed by atoms with Crippen LogP contribution in [0.15, 0.2) is 24.8 Å². The Labute approximate surface area is 50.8 Å². The molecule has 0 saturated carbocycles. The molecule has 0 aromatic carbocycles. The molecule has 7 heavy (non-hydrogen) atoms. The van der Waals surface area contributed by atoms with E-state index < -0.39 is 0 Å². The van der Waals surface area contributed by atoms with E-state index in [-0.39, 0.29) is 0 Å². The van der Waals surface area contributed by atoms with Gasteiger partial charge in [0.05, 0.1) is 16.1 Å². The van der Waals surface area contributed by atoms with Crippen LogP contribution in [0.25, 0.3) is 0 Å². The Kier molecular flexibility index (Phi) is 1.36.